The molecule has 2 heterocycles. The predicted molar refractivity (Wildman–Crippen MR) is 75.7 cm³/mol. The molecule has 0 spiro atoms. The van der Waals surface area contributed by atoms with E-state index < -0.39 is 5.60 Å². The van der Waals surface area contributed by atoms with Crippen molar-refractivity contribution in [3.8, 4) is 0 Å². The predicted octanol–water partition coefficient (Wildman–Crippen LogP) is 1.79. The molecule has 4 nitrogen and oxygen atoms in total. The monoisotopic (exact) mass is 315 g/mol. The molecule has 18 heavy (non-hydrogen) atoms. The Bertz CT molecular complexity index is 409. The summed E-state index contributed by atoms with van der Waals surface area (Å²) in [6.45, 7) is 4.00. The average Bonchev–Trinajstić information content (AvgIpc) is 2.54. The summed E-state index contributed by atoms with van der Waals surface area (Å²) in [4.78, 5) is 0. The van der Waals surface area contributed by atoms with Gasteiger partial charge in [0.1, 0.15) is 0 Å². The van der Waals surface area contributed by atoms with Gasteiger partial charge in [0.2, 0.25) is 0 Å². The van der Waals surface area contributed by atoms with Crippen LogP contribution in [0.25, 0.3) is 0 Å². The molecule has 5 heteroatoms. The number of hydrogen-bond acceptors (Lipinski definition) is 3. The van der Waals surface area contributed by atoms with Gasteiger partial charge in [-0.25, -0.2) is 0 Å². The van der Waals surface area contributed by atoms with Crippen LogP contribution in [0, 0.1) is 0 Å². The van der Waals surface area contributed by atoms with Gasteiger partial charge in [0.05, 0.1) is 21.5 Å². The molecular weight excluding hydrogens is 294 g/mol. The van der Waals surface area contributed by atoms with E-state index in [4.69, 9.17) is 0 Å². The molecule has 2 rings (SSSR count). The van der Waals surface area contributed by atoms with Crippen LogP contribution in [-0.2, 0) is 19.9 Å². The number of halogens is 1. The number of hydrogen-bond donors (Lipinski definition) is 2. The van der Waals surface area contributed by atoms with E-state index in [1.807, 2.05) is 11.7 Å². The Hall–Kier alpha value is -0.390. The summed E-state index contributed by atoms with van der Waals surface area (Å²) in [5.74, 6) is 0. The van der Waals surface area contributed by atoms with Gasteiger partial charge in [0.25, 0.3) is 0 Å². The summed E-state index contributed by atoms with van der Waals surface area (Å²) < 4.78 is 2.97. The summed E-state index contributed by atoms with van der Waals surface area (Å²) in [7, 11) is 1.96. The Morgan fingerprint density at radius 2 is 2.22 bits per heavy atom. The molecule has 0 bridgehead atoms. The van der Waals surface area contributed by atoms with Crippen molar-refractivity contribution in [2.24, 2.45) is 7.05 Å². The first-order chi connectivity index (χ1) is 8.56. The Balaban J connectivity index is 2.19. The van der Waals surface area contributed by atoms with E-state index in [1.54, 1.807) is 0 Å². The molecule has 1 atom stereocenters. The molecule has 0 amide bonds. The highest BCUT2D eigenvalue weighted by atomic mass is 79.9. The molecule has 1 saturated heterocycles. The summed E-state index contributed by atoms with van der Waals surface area (Å²) in [5, 5.41) is 18.6. The Labute approximate surface area is 117 Å². The standard InChI is InChI=1S/C13H22BrN3O/c1-3-10-12(14)11(17(2)16-10)9-13(18)5-4-7-15-8-6-13/h15,18H,3-9H2,1-2H3. The zero-order valence-electron chi connectivity index (χ0n) is 11.2. The number of nitrogens with zero attached hydrogens (tertiary/aromatic N) is 2. The lowest BCUT2D eigenvalue weighted by Gasteiger charge is -2.26. The molecular formula is C13H22BrN3O. The van der Waals surface area contributed by atoms with Gasteiger partial charge in [-0.15, -0.1) is 0 Å². The lowest BCUT2D eigenvalue weighted by Crippen LogP contribution is -2.33. The van der Waals surface area contributed by atoms with Gasteiger partial charge in [-0.3, -0.25) is 4.68 Å². The summed E-state index contributed by atoms with van der Waals surface area (Å²) in [5.41, 5.74) is 1.59. The summed E-state index contributed by atoms with van der Waals surface area (Å²) >= 11 is 3.62. The third-order valence-corrected chi connectivity index (χ3v) is 4.68. The van der Waals surface area contributed by atoms with Crippen molar-refractivity contribution in [3.63, 3.8) is 0 Å². The van der Waals surface area contributed by atoms with E-state index in [0.717, 1.165) is 54.6 Å². The third-order valence-electron chi connectivity index (χ3n) is 3.76. The van der Waals surface area contributed by atoms with Crippen LogP contribution in [0.3, 0.4) is 0 Å². The quantitative estimate of drug-likeness (QED) is 0.894. The normalized spacial score (nSPS) is 25.1. The number of aromatic nitrogens is 2. The van der Waals surface area contributed by atoms with Gasteiger partial charge in [0.15, 0.2) is 0 Å². The maximum atomic E-state index is 10.7. The van der Waals surface area contributed by atoms with Crippen LogP contribution in [0.2, 0.25) is 0 Å². The molecule has 1 aliphatic heterocycles. The highest BCUT2D eigenvalue weighted by molar-refractivity contribution is 9.10. The zero-order valence-corrected chi connectivity index (χ0v) is 12.8. The fourth-order valence-electron chi connectivity index (χ4n) is 2.61. The van der Waals surface area contributed by atoms with Crippen molar-refractivity contribution in [2.45, 2.75) is 44.6 Å². The van der Waals surface area contributed by atoms with E-state index in [9.17, 15) is 5.11 Å². The van der Waals surface area contributed by atoms with Gasteiger partial charge in [-0.2, -0.15) is 5.10 Å². The van der Waals surface area contributed by atoms with Crippen LogP contribution in [0.4, 0.5) is 0 Å². The van der Waals surface area contributed by atoms with E-state index in [2.05, 4.69) is 33.3 Å². The molecule has 1 aromatic rings. The van der Waals surface area contributed by atoms with Crippen molar-refractivity contribution in [1.29, 1.82) is 0 Å². The Morgan fingerprint density at radius 3 is 2.89 bits per heavy atom. The van der Waals surface area contributed by atoms with Crippen molar-refractivity contribution in [2.75, 3.05) is 13.1 Å². The van der Waals surface area contributed by atoms with Crippen LogP contribution in [-0.4, -0.2) is 33.6 Å². The van der Waals surface area contributed by atoms with Crippen molar-refractivity contribution >= 4 is 15.9 Å². The lowest BCUT2D eigenvalue weighted by molar-refractivity contribution is 0.0265. The maximum Gasteiger partial charge on any atom is 0.0766 e. The molecule has 1 fully saturated rings. The highest BCUT2D eigenvalue weighted by Crippen LogP contribution is 2.29. The zero-order chi connectivity index (χ0) is 13.2. The number of aliphatic hydroxyl groups is 1. The SMILES string of the molecule is CCc1nn(C)c(CC2(O)CCCNCC2)c1Br. The summed E-state index contributed by atoms with van der Waals surface area (Å²) in [6.07, 6.45) is 4.30. The largest absolute Gasteiger partial charge is 0.389 e. The van der Waals surface area contributed by atoms with Crippen LogP contribution >= 0.6 is 15.9 Å². The molecule has 1 aromatic heterocycles. The van der Waals surface area contributed by atoms with E-state index in [1.165, 1.54) is 0 Å². The average molecular weight is 316 g/mol. The number of aryl methyl sites for hydroxylation is 2. The first-order valence-corrected chi connectivity index (χ1v) is 7.48. The fourth-order valence-corrected chi connectivity index (χ4v) is 3.37. The first kappa shape index (κ1) is 14.0. The van der Waals surface area contributed by atoms with Crippen LogP contribution < -0.4 is 5.32 Å². The van der Waals surface area contributed by atoms with Crippen LogP contribution in [0.1, 0.15) is 37.6 Å². The molecule has 2 N–H and O–H groups in total. The molecule has 1 aliphatic rings. The van der Waals surface area contributed by atoms with Gasteiger partial charge in [-0.05, 0) is 54.7 Å². The maximum absolute atomic E-state index is 10.7. The third kappa shape index (κ3) is 2.95. The molecule has 0 radical (unpaired) electrons. The van der Waals surface area contributed by atoms with Crippen molar-refractivity contribution < 1.29 is 5.11 Å². The number of rotatable bonds is 3. The van der Waals surface area contributed by atoms with Crippen molar-refractivity contribution in [1.82, 2.24) is 15.1 Å². The second-order valence-corrected chi connectivity index (χ2v) is 5.98. The van der Waals surface area contributed by atoms with Crippen molar-refractivity contribution in [3.05, 3.63) is 15.9 Å². The molecule has 0 saturated carbocycles. The molecule has 102 valence electrons. The smallest absolute Gasteiger partial charge is 0.0766 e. The van der Waals surface area contributed by atoms with Crippen LogP contribution in [0.5, 0.6) is 0 Å². The van der Waals surface area contributed by atoms with Gasteiger partial charge in [-0.1, -0.05) is 6.92 Å². The number of nitrogens with one attached hydrogen (secondary N) is 1. The van der Waals surface area contributed by atoms with E-state index in [0.29, 0.717) is 6.42 Å². The second kappa shape index (κ2) is 5.72. The highest BCUT2D eigenvalue weighted by Gasteiger charge is 2.30. The van der Waals surface area contributed by atoms with Gasteiger partial charge < -0.3 is 10.4 Å². The molecule has 0 aliphatic carbocycles. The first-order valence-electron chi connectivity index (χ1n) is 6.69. The fraction of sp³-hybridized carbons (Fsp3) is 0.769. The Morgan fingerprint density at radius 1 is 1.44 bits per heavy atom. The minimum Gasteiger partial charge on any atom is -0.389 e. The van der Waals surface area contributed by atoms with E-state index in [-0.39, 0.29) is 0 Å². The topological polar surface area (TPSA) is 50.1 Å². The summed E-state index contributed by atoms with van der Waals surface area (Å²) in [6, 6.07) is 0. The molecule has 1 unspecified atom stereocenters. The minimum atomic E-state index is -0.592. The minimum absolute atomic E-state index is 0.592. The van der Waals surface area contributed by atoms with E-state index >= 15 is 0 Å². The lowest BCUT2D eigenvalue weighted by atomic mass is 9.89. The Kier molecular flexibility index (Phi) is 4.45. The van der Waals surface area contributed by atoms with Crippen LogP contribution in [0.15, 0.2) is 4.47 Å². The molecule has 0 aromatic carbocycles. The second-order valence-electron chi connectivity index (χ2n) is 5.19. The van der Waals surface area contributed by atoms with Gasteiger partial charge >= 0.3 is 0 Å². The van der Waals surface area contributed by atoms with Gasteiger partial charge in [0, 0.05) is 13.5 Å².